The lowest BCUT2D eigenvalue weighted by Gasteiger charge is -2.19. The van der Waals surface area contributed by atoms with Crippen LogP contribution in [0.5, 0.6) is 0 Å². The molecule has 0 spiro atoms. The largest absolute Gasteiger partial charge is 0.0848 e. The average Bonchev–Trinajstić information content (AvgIpc) is 2.37. The van der Waals surface area contributed by atoms with E-state index in [0.717, 1.165) is 23.7 Å². The van der Waals surface area contributed by atoms with E-state index < -0.39 is 0 Å². The number of allylic oxidation sites excluding steroid dienone is 2. The van der Waals surface area contributed by atoms with E-state index in [1.165, 1.54) is 6.42 Å². The van der Waals surface area contributed by atoms with Crippen molar-refractivity contribution in [2.24, 2.45) is 23.7 Å². The van der Waals surface area contributed by atoms with Gasteiger partial charge in [-0.3, -0.25) is 0 Å². The van der Waals surface area contributed by atoms with Crippen molar-refractivity contribution >= 4 is 0 Å². The summed E-state index contributed by atoms with van der Waals surface area (Å²) in [5.41, 5.74) is 0. The van der Waals surface area contributed by atoms with Gasteiger partial charge < -0.3 is 0 Å². The van der Waals surface area contributed by atoms with Crippen LogP contribution in [0.15, 0.2) is 12.2 Å². The Morgan fingerprint density at radius 2 is 1.44 bits per heavy atom. The van der Waals surface area contributed by atoms with Gasteiger partial charge >= 0.3 is 0 Å². The molecule has 0 radical (unpaired) electrons. The molecule has 0 nitrogen and oxygen atoms in total. The molecule has 2 bridgehead atoms. The van der Waals surface area contributed by atoms with Crippen molar-refractivity contribution in [2.45, 2.75) is 20.3 Å². The highest BCUT2D eigenvalue weighted by atomic mass is 14.4. The van der Waals surface area contributed by atoms with Crippen LogP contribution in [0.4, 0.5) is 0 Å². The molecule has 1 fully saturated rings. The summed E-state index contributed by atoms with van der Waals surface area (Å²) < 4.78 is 0. The molecule has 3 unspecified atom stereocenters. The molecule has 0 heteroatoms. The Kier molecular flexibility index (Phi) is 0.992. The van der Waals surface area contributed by atoms with Crippen molar-refractivity contribution in [1.82, 2.24) is 0 Å². The average molecular weight is 122 g/mol. The Balaban J connectivity index is 2.26. The predicted octanol–water partition coefficient (Wildman–Crippen LogP) is 2.46. The molecule has 0 aliphatic heterocycles. The van der Waals surface area contributed by atoms with Gasteiger partial charge in [-0.15, -0.1) is 0 Å². The second-order valence-electron chi connectivity index (χ2n) is 3.67. The fraction of sp³-hybridized carbons (Fsp3) is 0.778. The fourth-order valence-electron chi connectivity index (χ4n) is 2.32. The molecule has 50 valence electrons. The maximum Gasteiger partial charge on any atom is -0.0199 e. The zero-order valence-corrected chi connectivity index (χ0v) is 6.17. The molecule has 1 saturated carbocycles. The lowest BCUT2D eigenvalue weighted by Crippen LogP contribution is -2.12. The molecule has 0 aromatic heterocycles. The summed E-state index contributed by atoms with van der Waals surface area (Å²) in [7, 11) is 0. The molecule has 0 amide bonds. The number of rotatable bonds is 0. The second-order valence-corrected chi connectivity index (χ2v) is 3.67. The molecule has 0 heterocycles. The minimum absolute atomic E-state index is 0.935. The van der Waals surface area contributed by atoms with E-state index in [0.29, 0.717) is 0 Å². The number of hydrogen-bond donors (Lipinski definition) is 0. The zero-order chi connectivity index (χ0) is 6.43. The van der Waals surface area contributed by atoms with Crippen molar-refractivity contribution in [3.8, 4) is 0 Å². The Morgan fingerprint density at radius 1 is 1.00 bits per heavy atom. The van der Waals surface area contributed by atoms with Gasteiger partial charge in [0.05, 0.1) is 0 Å². The van der Waals surface area contributed by atoms with Crippen LogP contribution in [0.25, 0.3) is 0 Å². The lowest BCUT2D eigenvalue weighted by molar-refractivity contribution is 0.364. The third kappa shape index (κ3) is 0.593. The van der Waals surface area contributed by atoms with E-state index in [9.17, 15) is 0 Å². The molecular weight excluding hydrogens is 108 g/mol. The molecule has 0 aromatic carbocycles. The van der Waals surface area contributed by atoms with Gasteiger partial charge in [0.25, 0.3) is 0 Å². The van der Waals surface area contributed by atoms with Crippen LogP contribution in [0.3, 0.4) is 0 Å². The number of hydrogen-bond acceptors (Lipinski definition) is 0. The quantitative estimate of drug-likeness (QED) is 0.433. The first-order chi connectivity index (χ1) is 4.29. The van der Waals surface area contributed by atoms with Crippen LogP contribution in [-0.2, 0) is 0 Å². The summed E-state index contributed by atoms with van der Waals surface area (Å²) in [6.07, 6.45) is 6.27. The normalized spacial score (nSPS) is 54.9. The highest BCUT2D eigenvalue weighted by Crippen LogP contribution is 2.47. The van der Waals surface area contributed by atoms with Crippen LogP contribution < -0.4 is 0 Å². The lowest BCUT2D eigenvalue weighted by atomic mass is 9.86. The maximum atomic E-state index is 2.41. The van der Waals surface area contributed by atoms with Crippen LogP contribution in [0, 0.1) is 23.7 Å². The van der Waals surface area contributed by atoms with Crippen LogP contribution in [0.2, 0.25) is 0 Å². The Morgan fingerprint density at radius 3 is 1.67 bits per heavy atom. The second kappa shape index (κ2) is 1.62. The summed E-state index contributed by atoms with van der Waals surface area (Å²) in [6, 6.07) is 0. The Bertz CT molecular complexity index is 130. The molecule has 9 heavy (non-hydrogen) atoms. The predicted molar refractivity (Wildman–Crippen MR) is 39.1 cm³/mol. The van der Waals surface area contributed by atoms with Gasteiger partial charge in [0.15, 0.2) is 0 Å². The summed E-state index contributed by atoms with van der Waals surface area (Å²) in [5.74, 6) is 3.79. The van der Waals surface area contributed by atoms with Gasteiger partial charge in [-0.1, -0.05) is 26.0 Å². The molecule has 2 rings (SSSR count). The molecule has 0 saturated heterocycles. The van der Waals surface area contributed by atoms with Gasteiger partial charge in [0.2, 0.25) is 0 Å². The third-order valence-electron chi connectivity index (χ3n) is 3.33. The Labute approximate surface area is 57.0 Å². The first kappa shape index (κ1) is 5.52. The van der Waals surface area contributed by atoms with Gasteiger partial charge in [-0.05, 0) is 30.1 Å². The fourth-order valence-corrected chi connectivity index (χ4v) is 2.32. The SMILES string of the molecule is CC1C2C=CC(C2)[C@@H]1C. The van der Waals surface area contributed by atoms with Crippen molar-refractivity contribution < 1.29 is 0 Å². The van der Waals surface area contributed by atoms with Crippen LogP contribution in [-0.4, -0.2) is 0 Å². The summed E-state index contributed by atoms with van der Waals surface area (Å²) in [6.45, 7) is 4.78. The highest BCUT2D eigenvalue weighted by molar-refractivity contribution is 5.11. The zero-order valence-electron chi connectivity index (χ0n) is 6.17. The van der Waals surface area contributed by atoms with Crippen molar-refractivity contribution in [2.75, 3.05) is 0 Å². The standard InChI is InChI=1S/C9H14/c1-6-7(2)9-4-3-8(6)5-9/h3-4,6-9H,5H2,1-2H3/t6-,7?,8?,9?/m1/s1. The summed E-state index contributed by atoms with van der Waals surface area (Å²) in [5, 5.41) is 0. The van der Waals surface area contributed by atoms with Crippen LogP contribution >= 0.6 is 0 Å². The molecule has 0 N–H and O–H groups in total. The third-order valence-corrected chi connectivity index (χ3v) is 3.33. The minimum Gasteiger partial charge on any atom is -0.0848 e. The van der Waals surface area contributed by atoms with Crippen LogP contribution in [0.1, 0.15) is 20.3 Å². The van der Waals surface area contributed by atoms with Gasteiger partial charge in [0, 0.05) is 0 Å². The topological polar surface area (TPSA) is 0 Å². The van der Waals surface area contributed by atoms with Gasteiger partial charge in [0.1, 0.15) is 0 Å². The van der Waals surface area contributed by atoms with E-state index in [1.807, 2.05) is 0 Å². The first-order valence-corrected chi connectivity index (χ1v) is 3.97. The van der Waals surface area contributed by atoms with Gasteiger partial charge in [-0.25, -0.2) is 0 Å². The Hall–Kier alpha value is -0.260. The maximum absolute atomic E-state index is 2.41. The van der Waals surface area contributed by atoms with E-state index >= 15 is 0 Å². The molecule has 2 aliphatic rings. The number of fused-ring (bicyclic) bond motifs is 2. The molecular formula is C9H14. The smallest absolute Gasteiger partial charge is 0.0199 e. The molecule has 0 aromatic rings. The van der Waals surface area contributed by atoms with E-state index in [-0.39, 0.29) is 0 Å². The van der Waals surface area contributed by atoms with Crippen molar-refractivity contribution in [3.05, 3.63) is 12.2 Å². The van der Waals surface area contributed by atoms with E-state index in [4.69, 9.17) is 0 Å². The summed E-state index contributed by atoms with van der Waals surface area (Å²) >= 11 is 0. The van der Waals surface area contributed by atoms with Crippen molar-refractivity contribution in [3.63, 3.8) is 0 Å². The monoisotopic (exact) mass is 122 g/mol. The molecule has 4 atom stereocenters. The summed E-state index contributed by atoms with van der Waals surface area (Å²) in [4.78, 5) is 0. The molecule has 2 aliphatic carbocycles. The van der Waals surface area contributed by atoms with E-state index in [2.05, 4.69) is 26.0 Å². The van der Waals surface area contributed by atoms with E-state index in [1.54, 1.807) is 0 Å². The first-order valence-electron chi connectivity index (χ1n) is 3.97. The minimum atomic E-state index is 0.935. The van der Waals surface area contributed by atoms with Crippen molar-refractivity contribution in [1.29, 1.82) is 0 Å². The van der Waals surface area contributed by atoms with Gasteiger partial charge in [-0.2, -0.15) is 0 Å². The highest BCUT2D eigenvalue weighted by Gasteiger charge is 2.38.